The molecule has 2 rings (SSSR count). The van der Waals surface area contributed by atoms with Crippen LogP contribution in [-0.4, -0.2) is 49.2 Å². The van der Waals surface area contributed by atoms with Crippen molar-refractivity contribution >= 4 is 11.9 Å². The predicted octanol–water partition coefficient (Wildman–Crippen LogP) is 0.965. The first-order chi connectivity index (χ1) is 10.0. The summed E-state index contributed by atoms with van der Waals surface area (Å²) in [5.41, 5.74) is 0.905. The van der Waals surface area contributed by atoms with E-state index in [4.69, 9.17) is 4.74 Å². The van der Waals surface area contributed by atoms with Gasteiger partial charge in [0.25, 0.3) is 0 Å². The van der Waals surface area contributed by atoms with E-state index in [0.29, 0.717) is 25.3 Å². The summed E-state index contributed by atoms with van der Waals surface area (Å²) in [6.07, 6.45) is 0.817. The molecule has 1 unspecified atom stereocenters. The summed E-state index contributed by atoms with van der Waals surface area (Å²) >= 11 is 0. The molecule has 0 aromatic heterocycles. The summed E-state index contributed by atoms with van der Waals surface area (Å²) in [6.45, 7) is 0.908. The number of carbonyl (C=O) groups is 2. The lowest BCUT2D eigenvalue weighted by Crippen LogP contribution is -2.28. The number of nitrogens with zero attached hydrogens (tertiary/aromatic N) is 1. The second-order valence-electron chi connectivity index (χ2n) is 5.02. The number of phenols is 1. The Labute approximate surface area is 123 Å². The molecule has 1 heterocycles. The van der Waals surface area contributed by atoms with Gasteiger partial charge in [0, 0.05) is 19.5 Å². The standard InChI is InChI=1S/C15H19NO5/c1-20-13-4-3-10(7-12(13)17)5-6-16-9-11(8-14(16)18)15(19)21-2/h3-4,7,11,17H,5-6,8-9H2,1-2H3. The Hall–Kier alpha value is -2.24. The highest BCUT2D eigenvalue weighted by Gasteiger charge is 2.34. The first-order valence-corrected chi connectivity index (χ1v) is 6.76. The zero-order valence-corrected chi connectivity index (χ0v) is 12.2. The molecule has 114 valence electrons. The third-order valence-corrected chi connectivity index (χ3v) is 3.66. The number of esters is 1. The Bertz CT molecular complexity index is 543. The number of hydrogen-bond acceptors (Lipinski definition) is 5. The zero-order valence-electron chi connectivity index (χ0n) is 12.2. The maximum absolute atomic E-state index is 11.8. The largest absolute Gasteiger partial charge is 0.504 e. The Kier molecular flexibility index (Phi) is 4.67. The number of methoxy groups -OCH3 is 2. The van der Waals surface area contributed by atoms with Crippen LogP contribution in [0.4, 0.5) is 0 Å². The van der Waals surface area contributed by atoms with E-state index in [2.05, 4.69) is 4.74 Å². The second kappa shape index (κ2) is 6.47. The van der Waals surface area contributed by atoms with Crippen molar-refractivity contribution in [3.8, 4) is 11.5 Å². The third kappa shape index (κ3) is 3.45. The van der Waals surface area contributed by atoms with Gasteiger partial charge in [0.15, 0.2) is 11.5 Å². The molecule has 1 aromatic carbocycles. The molecule has 1 fully saturated rings. The van der Waals surface area contributed by atoms with Gasteiger partial charge in [-0.2, -0.15) is 0 Å². The zero-order chi connectivity index (χ0) is 15.4. The molecule has 1 N–H and O–H groups in total. The normalized spacial score (nSPS) is 17.9. The number of likely N-dealkylation sites (tertiary alicyclic amines) is 1. The number of benzene rings is 1. The van der Waals surface area contributed by atoms with Crippen LogP contribution in [0.15, 0.2) is 18.2 Å². The van der Waals surface area contributed by atoms with Gasteiger partial charge in [0.2, 0.25) is 5.91 Å². The Morgan fingerprint density at radius 2 is 2.19 bits per heavy atom. The van der Waals surface area contributed by atoms with Crippen molar-refractivity contribution in [3.63, 3.8) is 0 Å². The molecule has 1 aliphatic rings. The lowest BCUT2D eigenvalue weighted by molar-refractivity contribution is -0.145. The molecule has 0 spiro atoms. The van der Waals surface area contributed by atoms with Crippen LogP contribution in [0.1, 0.15) is 12.0 Å². The fourth-order valence-electron chi connectivity index (χ4n) is 2.47. The molecule has 0 saturated carbocycles. The fourth-order valence-corrected chi connectivity index (χ4v) is 2.47. The molecular weight excluding hydrogens is 274 g/mol. The molecule has 1 aliphatic heterocycles. The van der Waals surface area contributed by atoms with Gasteiger partial charge in [0.1, 0.15) is 0 Å². The number of phenolic OH excluding ortho intramolecular Hbond substituents is 1. The average molecular weight is 293 g/mol. The summed E-state index contributed by atoms with van der Waals surface area (Å²) in [7, 11) is 2.82. The number of amides is 1. The van der Waals surface area contributed by atoms with E-state index in [1.807, 2.05) is 6.07 Å². The van der Waals surface area contributed by atoms with Crippen LogP contribution >= 0.6 is 0 Å². The maximum atomic E-state index is 11.8. The number of rotatable bonds is 5. The van der Waals surface area contributed by atoms with Gasteiger partial charge in [-0.05, 0) is 24.1 Å². The molecule has 6 heteroatoms. The van der Waals surface area contributed by atoms with Gasteiger partial charge in [-0.3, -0.25) is 9.59 Å². The molecular formula is C15H19NO5. The van der Waals surface area contributed by atoms with Crippen LogP contribution in [0.2, 0.25) is 0 Å². The van der Waals surface area contributed by atoms with Crippen molar-refractivity contribution in [2.45, 2.75) is 12.8 Å². The second-order valence-corrected chi connectivity index (χ2v) is 5.02. The summed E-state index contributed by atoms with van der Waals surface area (Å²) in [4.78, 5) is 24.9. The smallest absolute Gasteiger partial charge is 0.310 e. The van der Waals surface area contributed by atoms with Gasteiger partial charge in [-0.15, -0.1) is 0 Å². The van der Waals surface area contributed by atoms with Crippen molar-refractivity contribution < 1.29 is 24.2 Å². The average Bonchev–Trinajstić information content (AvgIpc) is 2.85. The summed E-state index contributed by atoms with van der Waals surface area (Å²) in [5.74, 6) is -0.250. The van der Waals surface area contributed by atoms with Crippen molar-refractivity contribution in [2.75, 3.05) is 27.3 Å². The topological polar surface area (TPSA) is 76.1 Å². The highest BCUT2D eigenvalue weighted by Crippen LogP contribution is 2.27. The van der Waals surface area contributed by atoms with Crippen LogP contribution in [0, 0.1) is 5.92 Å². The van der Waals surface area contributed by atoms with Crippen LogP contribution in [0.3, 0.4) is 0 Å². The lowest BCUT2D eigenvalue weighted by atomic mass is 10.1. The van der Waals surface area contributed by atoms with Crippen molar-refractivity contribution in [1.82, 2.24) is 4.90 Å². The van der Waals surface area contributed by atoms with E-state index in [0.717, 1.165) is 5.56 Å². The molecule has 1 saturated heterocycles. The fraction of sp³-hybridized carbons (Fsp3) is 0.467. The first kappa shape index (κ1) is 15.2. The van der Waals surface area contributed by atoms with E-state index in [-0.39, 0.29) is 30.0 Å². The van der Waals surface area contributed by atoms with E-state index < -0.39 is 0 Å². The van der Waals surface area contributed by atoms with Crippen molar-refractivity contribution in [1.29, 1.82) is 0 Å². The SMILES string of the molecule is COC(=O)C1CC(=O)N(CCc2ccc(OC)c(O)c2)C1. The highest BCUT2D eigenvalue weighted by atomic mass is 16.5. The van der Waals surface area contributed by atoms with Gasteiger partial charge in [0.05, 0.1) is 20.1 Å². The van der Waals surface area contributed by atoms with Crippen LogP contribution < -0.4 is 4.74 Å². The van der Waals surface area contributed by atoms with Gasteiger partial charge >= 0.3 is 5.97 Å². The Morgan fingerprint density at radius 1 is 1.43 bits per heavy atom. The van der Waals surface area contributed by atoms with E-state index >= 15 is 0 Å². The molecule has 0 aliphatic carbocycles. The van der Waals surface area contributed by atoms with E-state index in [1.165, 1.54) is 14.2 Å². The number of aromatic hydroxyl groups is 1. The molecule has 21 heavy (non-hydrogen) atoms. The Balaban J connectivity index is 1.93. The molecule has 1 amide bonds. The molecule has 1 atom stereocenters. The van der Waals surface area contributed by atoms with E-state index in [1.54, 1.807) is 17.0 Å². The van der Waals surface area contributed by atoms with Crippen LogP contribution in [0.25, 0.3) is 0 Å². The lowest BCUT2D eigenvalue weighted by Gasteiger charge is -2.16. The van der Waals surface area contributed by atoms with Gasteiger partial charge in [-0.1, -0.05) is 6.07 Å². The summed E-state index contributed by atoms with van der Waals surface area (Å²) < 4.78 is 9.65. The van der Waals surface area contributed by atoms with Crippen molar-refractivity contribution in [3.05, 3.63) is 23.8 Å². The highest BCUT2D eigenvalue weighted by molar-refractivity contribution is 5.86. The number of hydrogen-bond donors (Lipinski definition) is 1. The maximum Gasteiger partial charge on any atom is 0.310 e. The molecule has 0 bridgehead atoms. The van der Waals surface area contributed by atoms with Gasteiger partial charge < -0.3 is 19.5 Å². The minimum Gasteiger partial charge on any atom is -0.504 e. The molecule has 0 radical (unpaired) electrons. The quantitative estimate of drug-likeness (QED) is 0.819. The minimum absolute atomic E-state index is 0.0388. The van der Waals surface area contributed by atoms with Gasteiger partial charge in [-0.25, -0.2) is 0 Å². The van der Waals surface area contributed by atoms with Crippen LogP contribution in [0.5, 0.6) is 11.5 Å². The summed E-state index contributed by atoms with van der Waals surface area (Å²) in [6, 6.07) is 5.15. The summed E-state index contributed by atoms with van der Waals surface area (Å²) in [5, 5.41) is 9.72. The molecule has 6 nitrogen and oxygen atoms in total. The first-order valence-electron chi connectivity index (χ1n) is 6.76. The number of ether oxygens (including phenoxy) is 2. The molecule has 1 aromatic rings. The predicted molar refractivity (Wildman–Crippen MR) is 75.1 cm³/mol. The van der Waals surface area contributed by atoms with E-state index in [9.17, 15) is 14.7 Å². The van der Waals surface area contributed by atoms with Crippen LogP contribution in [-0.2, 0) is 20.7 Å². The number of carbonyl (C=O) groups excluding carboxylic acids is 2. The minimum atomic E-state index is -0.369. The Morgan fingerprint density at radius 3 is 2.81 bits per heavy atom. The van der Waals surface area contributed by atoms with Crippen molar-refractivity contribution in [2.24, 2.45) is 5.92 Å². The third-order valence-electron chi connectivity index (χ3n) is 3.66. The monoisotopic (exact) mass is 293 g/mol.